The quantitative estimate of drug-likeness (QED) is 0.819. The normalized spacial score (nSPS) is 20.7. The summed E-state index contributed by atoms with van der Waals surface area (Å²) < 4.78 is 11.4. The molecule has 1 saturated heterocycles. The molecular formula is C15H26N4O3. The number of rotatable bonds is 5. The van der Waals surface area contributed by atoms with Crippen LogP contribution >= 0.6 is 0 Å². The van der Waals surface area contributed by atoms with Crippen LogP contribution in [0.3, 0.4) is 0 Å². The number of likely N-dealkylation sites (N-methyl/N-ethyl adjacent to an activating group) is 1. The number of ether oxygens (including phenoxy) is 1. The Morgan fingerprint density at radius 3 is 2.68 bits per heavy atom. The smallest absolute Gasteiger partial charge is 0.247 e. The van der Waals surface area contributed by atoms with E-state index in [-0.39, 0.29) is 24.0 Å². The van der Waals surface area contributed by atoms with Gasteiger partial charge in [0, 0.05) is 12.5 Å². The summed E-state index contributed by atoms with van der Waals surface area (Å²) in [5.41, 5.74) is 0. The number of morpholine rings is 1. The lowest BCUT2D eigenvalue weighted by Crippen LogP contribution is -2.50. The predicted octanol–water partition coefficient (Wildman–Crippen LogP) is 1.43. The second kappa shape index (κ2) is 7.19. The number of aromatic nitrogens is 2. The highest BCUT2D eigenvalue weighted by Gasteiger charge is 2.32. The third-order valence-corrected chi connectivity index (χ3v) is 3.90. The minimum absolute atomic E-state index is 0.104. The Morgan fingerprint density at radius 1 is 1.41 bits per heavy atom. The first-order valence-corrected chi connectivity index (χ1v) is 7.84. The molecule has 1 fully saturated rings. The molecule has 7 heteroatoms. The van der Waals surface area contributed by atoms with Crippen LogP contribution in [0.5, 0.6) is 0 Å². The molecule has 1 aromatic heterocycles. The molecule has 22 heavy (non-hydrogen) atoms. The molecule has 2 heterocycles. The molecule has 1 aromatic rings. The molecule has 1 aliphatic rings. The maximum absolute atomic E-state index is 12.6. The highest BCUT2D eigenvalue weighted by molar-refractivity contribution is 5.81. The standard InChI is InChI=1S/C15H26N4O3/c1-6-11(18(4)5)15(20)19-7-8-21-12(9-19)14-17-16-13(22-14)10(2)3/h10-12H,6-9H2,1-5H3/t11-,12-/m1/s1. The van der Waals surface area contributed by atoms with Crippen molar-refractivity contribution in [2.75, 3.05) is 33.8 Å². The first kappa shape index (κ1) is 16.9. The highest BCUT2D eigenvalue weighted by atomic mass is 16.5. The van der Waals surface area contributed by atoms with Crippen molar-refractivity contribution in [3.05, 3.63) is 11.8 Å². The zero-order valence-electron chi connectivity index (χ0n) is 14.1. The number of hydrogen-bond acceptors (Lipinski definition) is 6. The summed E-state index contributed by atoms with van der Waals surface area (Å²) in [5, 5.41) is 8.10. The van der Waals surface area contributed by atoms with E-state index < -0.39 is 0 Å². The zero-order valence-corrected chi connectivity index (χ0v) is 14.1. The number of hydrogen-bond donors (Lipinski definition) is 0. The summed E-state index contributed by atoms with van der Waals surface area (Å²) in [6.45, 7) is 7.57. The van der Waals surface area contributed by atoms with Gasteiger partial charge >= 0.3 is 0 Å². The third-order valence-electron chi connectivity index (χ3n) is 3.90. The molecule has 0 N–H and O–H groups in total. The van der Waals surface area contributed by atoms with Crippen LogP contribution in [0.25, 0.3) is 0 Å². The van der Waals surface area contributed by atoms with Crippen LogP contribution < -0.4 is 0 Å². The van der Waals surface area contributed by atoms with Crippen molar-refractivity contribution in [2.45, 2.75) is 45.3 Å². The molecule has 2 atom stereocenters. The van der Waals surface area contributed by atoms with Crippen molar-refractivity contribution >= 4 is 5.91 Å². The molecule has 0 spiro atoms. The fraction of sp³-hybridized carbons (Fsp3) is 0.800. The Balaban J connectivity index is 2.06. The fourth-order valence-corrected chi connectivity index (χ4v) is 2.58. The van der Waals surface area contributed by atoms with Gasteiger partial charge in [0.05, 0.1) is 19.2 Å². The Hall–Kier alpha value is -1.47. The molecule has 0 saturated carbocycles. The number of amides is 1. The predicted molar refractivity (Wildman–Crippen MR) is 81.4 cm³/mol. The number of carbonyl (C=O) groups is 1. The van der Waals surface area contributed by atoms with Gasteiger partial charge in [0.1, 0.15) is 0 Å². The number of carbonyl (C=O) groups excluding carboxylic acids is 1. The van der Waals surface area contributed by atoms with Crippen molar-refractivity contribution in [3.8, 4) is 0 Å². The topological polar surface area (TPSA) is 71.7 Å². The monoisotopic (exact) mass is 310 g/mol. The van der Waals surface area contributed by atoms with Gasteiger partial charge in [0.25, 0.3) is 0 Å². The third kappa shape index (κ3) is 3.64. The average Bonchev–Trinajstić information content (AvgIpc) is 2.97. The first-order chi connectivity index (χ1) is 10.4. The maximum Gasteiger partial charge on any atom is 0.247 e. The highest BCUT2D eigenvalue weighted by Crippen LogP contribution is 2.24. The van der Waals surface area contributed by atoms with Crippen LogP contribution in [0.15, 0.2) is 4.42 Å². The lowest BCUT2D eigenvalue weighted by atomic mass is 10.1. The lowest BCUT2D eigenvalue weighted by Gasteiger charge is -2.35. The first-order valence-electron chi connectivity index (χ1n) is 7.84. The SMILES string of the molecule is CC[C@H](C(=O)N1CCO[C@@H](c2nnc(C(C)C)o2)C1)N(C)C. The Labute approximate surface area is 131 Å². The molecule has 124 valence electrons. The van der Waals surface area contributed by atoms with E-state index in [2.05, 4.69) is 10.2 Å². The molecule has 7 nitrogen and oxygen atoms in total. The summed E-state index contributed by atoms with van der Waals surface area (Å²) in [7, 11) is 3.85. The van der Waals surface area contributed by atoms with Crippen LogP contribution in [-0.2, 0) is 9.53 Å². The van der Waals surface area contributed by atoms with E-state index in [9.17, 15) is 4.79 Å². The molecule has 1 aliphatic heterocycles. The van der Waals surface area contributed by atoms with Gasteiger partial charge < -0.3 is 14.1 Å². The van der Waals surface area contributed by atoms with E-state index in [1.165, 1.54) is 0 Å². The van der Waals surface area contributed by atoms with Crippen LogP contribution in [0.1, 0.15) is 51.0 Å². The Bertz CT molecular complexity index is 501. The summed E-state index contributed by atoms with van der Waals surface area (Å²) in [6, 6.07) is -0.104. The molecular weight excluding hydrogens is 284 g/mol. The van der Waals surface area contributed by atoms with E-state index in [0.29, 0.717) is 31.5 Å². The Kier molecular flexibility index (Phi) is 5.52. The van der Waals surface area contributed by atoms with Gasteiger partial charge in [-0.1, -0.05) is 20.8 Å². The van der Waals surface area contributed by atoms with Crippen molar-refractivity contribution in [1.82, 2.24) is 20.0 Å². The van der Waals surface area contributed by atoms with Crippen LogP contribution in [-0.4, -0.2) is 65.7 Å². The lowest BCUT2D eigenvalue weighted by molar-refractivity contribution is -0.144. The van der Waals surface area contributed by atoms with Gasteiger partial charge in [0.15, 0.2) is 6.10 Å². The van der Waals surface area contributed by atoms with E-state index in [1.807, 2.05) is 44.7 Å². The van der Waals surface area contributed by atoms with Crippen LogP contribution in [0.4, 0.5) is 0 Å². The summed E-state index contributed by atoms with van der Waals surface area (Å²) in [6.07, 6.45) is 0.448. The fourth-order valence-electron chi connectivity index (χ4n) is 2.58. The maximum atomic E-state index is 12.6. The minimum Gasteiger partial charge on any atom is -0.422 e. The van der Waals surface area contributed by atoms with E-state index in [4.69, 9.17) is 9.15 Å². The molecule has 2 rings (SSSR count). The zero-order chi connectivity index (χ0) is 16.3. The van der Waals surface area contributed by atoms with Crippen LogP contribution in [0, 0.1) is 0 Å². The molecule has 0 bridgehead atoms. The van der Waals surface area contributed by atoms with Gasteiger partial charge in [0.2, 0.25) is 17.7 Å². The molecule has 0 aromatic carbocycles. The molecule has 0 unspecified atom stereocenters. The van der Waals surface area contributed by atoms with Gasteiger partial charge in [-0.25, -0.2) is 0 Å². The van der Waals surface area contributed by atoms with Crippen molar-refractivity contribution in [1.29, 1.82) is 0 Å². The largest absolute Gasteiger partial charge is 0.422 e. The summed E-state index contributed by atoms with van der Waals surface area (Å²) in [5.74, 6) is 1.37. The second-order valence-electron chi connectivity index (χ2n) is 6.16. The molecule has 1 amide bonds. The van der Waals surface area contributed by atoms with E-state index >= 15 is 0 Å². The van der Waals surface area contributed by atoms with Gasteiger partial charge in [-0.2, -0.15) is 0 Å². The number of nitrogens with zero attached hydrogens (tertiary/aromatic N) is 4. The Morgan fingerprint density at radius 2 is 2.14 bits per heavy atom. The minimum atomic E-state index is -0.336. The van der Waals surface area contributed by atoms with E-state index in [1.54, 1.807) is 0 Å². The summed E-state index contributed by atoms with van der Waals surface area (Å²) in [4.78, 5) is 16.4. The van der Waals surface area contributed by atoms with Crippen molar-refractivity contribution < 1.29 is 13.9 Å². The van der Waals surface area contributed by atoms with Gasteiger partial charge in [-0.05, 0) is 20.5 Å². The molecule has 0 aliphatic carbocycles. The van der Waals surface area contributed by atoms with Gasteiger partial charge in [-0.3, -0.25) is 9.69 Å². The van der Waals surface area contributed by atoms with Gasteiger partial charge in [-0.15, -0.1) is 10.2 Å². The van der Waals surface area contributed by atoms with E-state index in [0.717, 1.165) is 6.42 Å². The van der Waals surface area contributed by atoms with Crippen molar-refractivity contribution in [2.24, 2.45) is 0 Å². The summed E-state index contributed by atoms with van der Waals surface area (Å²) >= 11 is 0. The molecule has 0 radical (unpaired) electrons. The average molecular weight is 310 g/mol. The second-order valence-corrected chi connectivity index (χ2v) is 6.16. The van der Waals surface area contributed by atoms with Crippen LogP contribution in [0.2, 0.25) is 0 Å². The van der Waals surface area contributed by atoms with Crippen molar-refractivity contribution in [3.63, 3.8) is 0 Å².